The molecule has 17 nitrogen and oxygen atoms in total. The highest BCUT2D eigenvalue weighted by atomic mass is 19.1. The number of anilines is 2. The molecule has 0 aliphatic carbocycles. The quantitative estimate of drug-likeness (QED) is 0.148. The van der Waals surface area contributed by atoms with Crippen molar-refractivity contribution in [2.24, 2.45) is 0 Å². The van der Waals surface area contributed by atoms with Crippen LogP contribution in [0.25, 0.3) is 0 Å². The summed E-state index contributed by atoms with van der Waals surface area (Å²) in [5, 5.41) is 21.2. The standard InChI is InChI=1S/C31H26FN3O7.C10H14FN3O4/c1-31(32)25(42-28(38)22-15-9-4-10-16-22)23(19-40-27(37)21-13-7-3-8-14-21)41-29(31)35-18-17-24(34-30(35)39)33-26(36)20-11-5-2-6-12-20;1-10(11)7(16)5(4-15)18-8(10)14-3-2-6(12)13-9(14)17/h2-18,23,25,29H,19H2,1H3,(H,33,34,36,39);2-3,5,7-8,15-16H,4H2,1H3,(H2,12,13,17)/t23-,25?,29-,31-;5-,7?,8-,10-/m11/s1. The van der Waals surface area contributed by atoms with Crippen molar-refractivity contribution in [3.05, 3.63) is 153 Å². The molecule has 1 amide bonds. The van der Waals surface area contributed by atoms with Crippen LogP contribution in [0.1, 0.15) is 57.4 Å². The molecule has 2 saturated heterocycles. The molecule has 5 aromatic rings. The lowest BCUT2D eigenvalue weighted by Gasteiger charge is -2.27. The van der Waals surface area contributed by atoms with Crippen LogP contribution < -0.4 is 22.4 Å². The van der Waals surface area contributed by atoms with Gasteiger partial charge >= 0.3 is 23.3 Å². The van der Waals surface area contributed by atoms with E-state index in [1.807, 2.05) is 0 Å². The van der Waals surface area contributed by atoms with Gasteiger partial charge in [-0.05, 0) is 62.4 Å². The number of aliphatic hydroxyl groups is 2. The number of carbonyl (C=O) groups is 3. The van der Waals surface area contributed by atoms with E-state index in [4.69, 9.17) is 29.8 Å². The summed E-state index contributed by atoms with van der Waals surface area (Å²) in [4.78, 5) is 69.8. The van der Waals surface area contributed by atoms with Gasteiger partial charge in [-0.25, -0.2) is 28.0 Å². The van der Waals surface area contributed by atoms with Crippen LogP contribution >= 0.6 is 0 Å². The van der Waals surface area contributed by atoms with Crippen molar-refractivity contribution < 1.29 is 52.3 Å². The Balaban J connectivity index is 0.000000279. The van der Waals surface area contributed by atoms with Crippen molar-refractivity contribution in [2.45, 2.75) is 62.1 Å². The minimum Gasteiger partial charge on any atom is -0.459 e. The Labute approximate surface area is 339 Å². The molecule has 0 spiro atoms. The molecular formula is C41H40F2N6O11. The summed E-state index contributed by atoms with van der Waals surface area (Å²) < 4.78 is 54.6. The third-order valence-electron chi connectivity index (χ3n) is 9.67. The minimum absolute atomic E-state index is 0.00839. The molecule has 2 aromatic heterocycles. The fraction of sp³-hybridized carbons (Fsp3) is 0.293. The number of hydrogen-bond donors (Lipinski definition) is 4. The average Bonchev–Trinajstić information content (AvgIpc) is 3.63. The lowest BCUT2D eigenvalue weighted by Crippen LogP contribution is -2.45. The zero-order chi connectivity index (χ0) is 43.2. The predicted molar refractivity (Wildman–Crippen MR) is 208 cm³/mol. The zero-order valence-corrected chi connectivity index (χ0v) is 32.0. The number of alkyl halides is 2. The van der Waals surface area contributed by atoms with Crippen molar-refractivity contribution in [1.29, 1.82) is 0 Å². The van der Waals surface area contributed by atoms with E-state index in [1.165, 1.54) is 36.7 Å². The van der Waals surface area contributed by atoms with E-state index in [9.17, 15) is 33.5 Å². The van der Waals surface area contributed by atoms with Crippen LogP contribution in [0.3, 0.4) is 0 Å². The molecule has 60 heavy (non-hydrogen) atoms. The molecule has 3 aromatic carbocycles. The van der Waals surface area contributed by atoms with Crippen LogP contribution in [0, 0.1) is 0 Å². The number of nitrogens with one attached hydrogen (secondary N) is 1. The molecule has 5 N–H and O–H groups in total. The second kappa shape index (κ2) is 18.1. The topological polar surface area (TPSA) is 236 Å². The molecule has 0 saturated carbocycles. The number of amides is 1. The van der Waals surface area contributed by atoms with Crippen LogP contribution in [0.15, 0.2) is 125 Å². The molecule has 314 valence electrons. The molecule has 2 aliphatic heterocycles. The Hall–Kier alpha value is -6.67. The first-order chi connectivity index (χ1) is 28.6. The Kier molecular flexibility index (Phi) is 12.9. The highest BCUT2D eigenvalue weighted by Crippen LogP contribution is 2.43. The molecule has 2 unspecified atom stereocenters. The summed E-state index contributed by atoms with van der Waals surface area (Å²) in [6.45, 7) is 1.20. The molecule has 19 heteroatoms. The predicted octanol–water partition coefficient (Wildman–Crippen LogP) is 3.01. The van der Waals surface area contributed by atoms with Gasteiger partial charge in [0, 0.05) is 18.0 Å². The maximum absolute atomic E-state index is 16.5. The highest BCUT2D eigenvalue weighted by Gasteiger charge is 2.59. The van der Waals surface area contributed by atoms with Gasteiger partial charge in [-0.3, -0.25) is 13.9 Å². The maximum atomic E-state index is 16.5. The molecule has 8 atom stereocenters. The number of nitrogens with zero attached hydrogens (tertiary/aromatic N) is 4. The summed E-state index contributed by atoms with van der Waals surface area (Å²) in [5.41, 5.74) is -0.263. The number of nitrogens with two attached hydrogens (primary N) is 1. The molecule has 2 fully saturated rings. The SMILES string of the molecule is C[C@@]1(F)C(O)[C@@H](CO)O[C@H]1n1ccc(N)nc1=O.C[C@@]1(F)C(OC(=O)c2ccccc2)[C@@H](COC(=O)c2ccccc2)O[C@H]1n1ccc(NC(=O)c2ccccc2)nc1=O. The number of nitrogen functional groups attached to an aromatic ring is 1. The van der Waals surface area contributed by atoms with Crippen LogP contribution in [0.4, 0.5) is 20.4 Å². The van der Waals surface area contributed by atoms with Gasteiger partial charge in [0.25, 0.3) is 5.91 Å². The molecule has 0 bridgehead atoms. The van der Waals surface area contributed by atoms with E-state index in [0.717, 1.165) is 23.0 Å². The highest BCUT2D eigenvalue weighted by molar-refractivity contribution is 6.03. The van der Waals surface area contributed by atoms with Crippen LogP contribution in [-0.2, 0) is 18.9 Å². The maximum Gasteiger partial charge on any atom is 0.351 e. The number of halogens is 2. The van der Waals surface area contributed by atoms with Crippen LogP contribution in [0.2, 0.25) is 0 Å². The van der Waals surface area contributed by atoms with E-state index >= 15 is 4.39 Å². The van der Waals surface area contributed by atoms with Crippen LogP contribution in [0.5, 0.6) is 0 Å². The van der Waals surface area contributed by atoms with Gasteiger partial charge in [-0.2, -0.15) is 9.97 Å². The Morgan fingerprint density at radius 2 is 1.25 bits per heavy atom. The third kappa shape index (κ3) is 9.29. The van der Waals surface area contributed by atoms with Gasteiger partial charge < -0.3 is 40.2 Å². The number of aromatic nitrogens is 4. The van der Waals surface area contributed by atoms with Crippen molar-refractivity contribution >= 4 is 29.5 Å². The van der Waals surface area contributed by atoms with Gasteiger partial charge in [0.15, 0.2) is 29.9 Å². The number of carbonyl (C=O) groups excluding carboxylic acids is 3. The van der Waals surface area contributed by atoms with Crippen molar-refractivity contribution in [1.82, 2.24) is 19.1 Å². The summed E-state index contributed by atoms with van der Waals surface area (Å²) in [6, 6.07) is 27.1. The monoisotopic (exact) mass is 830 g/mol. The smallest absolute Gasteiger partial charge is 0.351 e. The van der Waals surface area contributed by atoms with E-state index < -0.39 is 90.6 Å². The van der Waals surface area contributed by atoms with Crippen LogP contribution in [-0.4, -0.2) is 96.1 Å². The van der Waals surface area contributed by atoms with E-state index in [-0.39, 0.29) is 22.8 Å². The van der Waals surface area contributed by atoms with Crippen molar-refractivity contribution in [2.75, 3.05) is 24.3 Å². The Morgan fingerprint density at radius 3 is 1.78 bits per heavy atom. The first-order valence-corrected chi connectivity index (χ1v) is 18.4. The number of aliphatic hydroxyl groups excluding tert-OH is 2. The summed E-state index contributed by atoms with van der Waals surface area (Å²) in [5.74, 6) is -2.04. The lowest BCUT2D eigenvalue weighted by molar-refractivity contribution is -0.0648. The lowest BCUT2D eigenvalue weighted by atomic mass is 9.98. The fourth-order valence-corrected chi connectivity index (χ4v) is 6.51. The van der Waals surface area contributed by atoms with Crippen molar-refractivity contribution in [3.63, 3.8) is 0 Å². The summed E-state index contributed by atoms with van der Waals surface area (Å²) in [7, 11) is 0. The van der Waals surface area contributed by atoms with E-state index in [1.54, 1.807) is 78.9 Å². The second-order valence-electron chi connectivity index (χ2n) is 14.0. The molecule has 7 rings (SSSR count). The van der Waals surface area contributed by atoms with Gasteiger partial charge in [-0.15, -0.1) is 0 Å². The molecule has 2 aliphatic rings. The number of rotatable bonds is 10. The first-order valence-electron chi connectivity index (χ1n) is 18.4. The Bertz CT molecular complexity index is 2420. The van der Waals surface area contributed by atoms with Gasteiger partial charge in [0.1, 0.15) is 36.6 Å². The Morgan fingerprint density at radius 1 is 0.750 bits per heavy atom. The summed E-state index contributed by atoms with van der Waals surface area (Å²) in [6.07, 6.45) is -5.97. The molecular weight excluding hydrogens is 790 g/mol. The number of ether oxygens (including phenoxy) is 4. The number of hydrogen-bond acceptors (Lipinski definition) is 14. The van der Waals surface area contributed by atoms with Gasteiger partial charge in [0.05, 0.1) is 17.7 Å². The zero-order valence-electron chi connectivity index (χ0n) is 32.0. The third-order valence-corrected chi connectivity index (χ3v) is 9.67. The van der Waals surface area contributed by atoms with E-state index in [2.05, 4.69) is 15.3 Å². The second-order valence-corrected chi connectivity index (χ2v) is 14.0. The minimum atomic E-state index is -2.46. The number of benzene rings is 3. The number of esters is 2. The fourth-order valence-electron chi connectivity index (χ4n) is 6.51. The molecule has 4 heterocycles. The average molecular weight is 831 g/mol. The largest absolute Gasteiger partial charge is 0.459 e. The van der Waals surface area contributed by atoms with E-state index in [0.29, 0.717) is 5.56 Å². The van der Waals surface area contributed by atoms with Gasteiger partial charge in [-0.1, -0.05) is 54.6 Å². The first kappa shape index (κ1) is 42.9. The van der Waals surface area contributed by atoms with Crippen molar-refractivity contribution in [3.8, 4) is 0 Å². The molecule has 0 radical (unpaired) electrons. The van der Waals surface area contributed by atoms with Gasteiger partial charge in [0.2, 0.25) is 0 Å². The normalized spacial score (nSPS) is 25.7. The summed E-state index contributed by atoms with van der Waals surface area (Å²) >= 11 is 0.